The highest BCUT2D eigenvalue weighted by Gasteiger charge is 2.34. The van der Waals surface area contributed by atoms with Gasteiger partial charge in [-0.3, -0.25) is 14.9 Å². The zero-order valence-electron chi connectivity index (χ0n) is 17.2. The lowest BCUT2D eigenvalue weighted by Crippen LogP contribution is -2.21. The van der Waals surface area contributed by atoms with Crippen molar-refractivity contribution < 1.29 is 36.1 Å². The van der Waals surface area contributed by atoms with Crippen LogP contribution in [0.1, 0.15) is 27.2 Å². The van der Waals surface area contributed by atoms with E-state index in [4.69, 9.17) is 0 Å². The van der Waals surface area contributed by atoms with Crippen molar-refractivity contribution in [2.24, 2.45) is 5.10 Å². The summed E-state index contributed by atoms with van der Waals surface area (Å²) in [7, 11) is 0. The van der Waals surface area contributed by atoms with Crippen LogP contribution >= 0.6 is 0 Å². The second kappa shape index (κ2) is 9.79. The van der Waals surface area contributed by atoms with Crippen LogP contribution in [0, 0.1) is 10.1 Å². The van der Waals surface area contributed by atoms with Gasteiger partial charge >= 0.3 is 12.4 Å². The van der Waals surface area contributed by atoms with Crippen LogP contribution < -0.4 is 10.7 Å². The van der Waals surface area contributed by atoms with Gasteiger partial charge in [-0.05, 0) is 48.0 Å². The van der Waals surface area contributed by atoms with Crippen LogP contribution in [-0.4, -0.2) is 22.0 Å². The average Bonchev–Trinajstić information content (AvgIpc) is 2.78. The Labute approximate surface area is 192 Å². The topological polar surface area (TPSA) is 110 Å². The number of benzene rings is 2. The van der Waals surface area contributed by atoms with Crippen LogP contribution in [0.3, 0.4) is 0 Å². The maximum absolute atomic E-state index is 13.1. The van der Waals surface area contributed by atoms with Crippen molar-refractivity contribution in [2.45, 2.75) is 12.4 Å². The van der Waals surface area contributed by atoms with Crippen LogP contribution in [0.25, 0.3) is 0 Å². The average molecular weight is 497 g/mol. The van der Waals surface area contributed by atoms with E-state index in [1.54, 1.807) is 0 Å². The van der Waals surface area contributed by atoms with Gasteiger partial charge in [-0.2, -0.15) is 31.4 Å². The summed E-state index contributed by atoms with van der Waals surface area (Å²) in [6, 6.07) is 10.0. The van der Waals surface area contributed by atoms with Gasteiger partial charge in [0.1, 0.15) is 11.5 Å². The molecule has 182 valence electrons. The number of nitrogens with one attached hydrogen (secondary N) is 2. The van der Waals surface area contributed by atoms with Crippen LogP contribution in [-0.2, 0) is 12.4 Å². The second-order valence-corrected chi connectivity index (χ2v) is 6.84. The Kier molecular flexibility index (Phi) is 7.03. The minimum Gasteiger partial charge on any atom is -0.340 e. The number of aromatic nitrogens is 1. The van der Waals surface area contributed by atoms with Crippen LogP contribution in [0.2, 0.25) is 0 Å². The number of pyridine rings is 1. The van der Waals surface area contributed by atoms with Crippen LogP contribution in [0.15, 0.2) is 65.8 Å². The molecule has 14 heteroatoms. The standard InChI is InChI=1S/C21H13F6N5O3/c22-20(23,24)13-2-1-3-14(10-13)29-18-16(8-9-17(30-18)21(25,26)27)19(33)31-28-11-12-4-6-15(7-5-12)32(34)35/h1-11H,(H,29,30)(H,31,33)/b28-11+. The number of nitrogens with zero attached hydrogens (tertiary/aromatic N) is 3. The monoisotopic (exact) mass is 497 g/mol. The van der Waals surface area contributed by atoms with Crippen molar-refractivity contribution >= 4 is 29.3 Å². The number of amides is 1. The molecule has 1 aromatic heterocycles. The number of hydrogen-bond acceptors (Lipinski definition) is 6. The fraction of sp³-hybridized carbons (Fsp3) is 0.0952. The number of alkyl halides is 6. The van der Waals surface area contributed by atoms with Gasteiger partial charge in [0.25, 0.3) is 11.6 Å². The lowest BCUT2D eigenvalue weighted by atomic mass is 10.1. The summed E-state index contributed by atoms with van der Waals surface area (Å²) < 4.78 is 78.3. The van der Waals surface area contributed by atoms with Gasteiger partial charge < -0.3 is 5.32 Å². The molecule has 0 saturated heterocycles. The number of anilines is 2. The summed E-state index contributed by atoms with van der Waals surface area (Å²) >= 11 is 0. The Bertz CT molecular complexity index is 1270. The molecule has 2 N–H and O–H groups in total. The van der Waals surface area contributed by atoms with E-state index in [2.05, 4.69) is 20.8 Å². The molecule has 1 amide bonds. The molecule has 0 saturated carbocycles. The Balaban J connectivity index is 1.87. The molecule has 0 spiro atoms. The smallest absolute Gasteiger partial charge is 0.340 e. The number of hydrazone groups is 1. The first-order valence-electron chi connectivity index (χ1n) is 9.45. The Hall–Kier alpha value is -4.49. The molecule has 0 unspecified atom stereocenters. The highest BCUT2D eigenvalue weighted by Crippen LogP contribution is 2.33. The zero-order valence-corrected chi connectivity index (χ0v) is 17.2. The number of rotatable bonds is 6. The maximum atomic E-state index is 13.1. The van der Waals surface area contributed by atoms with Crippen molar-refractivity contribution in [2.75, 3.05) is 5.32 Å². The first-order chi connectivity index (χ1) is 16.3. The largest absolute Gasteiger partial charge is 0.433 e. The van der Waals surface area contributed by atoms with Gasteiger partial charge in [0.15, 0.2) is 0 Å². The first kappa shape index (κ1) is 25.1. The number of nitro benzene ring substituents is 1. The zero-order chi connectivity index (χ0) is 25.8. The molecule has 0 aliphatic rings. The van der Waals surface area contributed by atoms with Gasteiger partial charge in [-0.15, -0.1) is 0 Å². The van der Waals surface area contributed by atoms with Gasteiger partial charge in [0.05, 0.1) is 22.3 Å². The highest BCUT2D eigenvalue weighted by atomic mass is 19.4. The van der Waals surface area contributed by atoms with E-state index in [-0.39, 0.29) is 11.4 Å². The van der Waals surface area contributed by atoms with Gasteiger partial charge in [0.2, 0.25) is 0 Å². The second-order valence-electron chi connectivity index (χ2n) is 6.84. The van der Waals surface area contributed by atoms with E-state index in [0.29, 0.717) is 17.7 Å². The third-order valence-electron chi connectivity index (χ3n) is 4.37. The lowest BCUT2D eigenvalue weighted by Gasteiger charge is -2.14. The number of hydrogen-bond donors (Lipinski definition) is 2. The summed E-state index contributed by atoms with van der Waals surface area (Å²) in [6.45, 7) is 0. The molecule has 0 radical (unpaired) electrons. The molecule has 0 bridgehead atoms. The van der Waals surface area contributed by atoms with E-state index in [1.165, 1.54) is 24.3 Å². The summed E-state index contributed by atoms with van der Waals surface area (Å²) in [4.78, 5) is 25.9. The molecule has 3 aromatic rings. The minimum absolute atomic E-state index is 0.174. The predicted molar refractivity (Wildman–Crippen MR) is 112 cm³/mol. The lowest BCUT2D eigenvalue weighted by molar-refractivity contribution is -0.384. The summed E-state index contributed by atoms with van der Waals surface area (Å²) in [5.41, 5.74) is -0.876. The van der Waals surface area contributed by atoms with E-state index >= 15 is 0 Å². The van der Waals surface area contributed by atoms with Crippen LogP contribution in [0.4, 0.5) is 43.5 Å². The van der Waals surface area contributed by atoms with Gasteiger partial charge in [0, 0.05) is 17.8 Å². The van der Waals surface area contributed by atoms with E-state index < -0.39 is 45.8 Å². The summed E-state index contributed by atoms with van der Waals surface area (Å²) in [5, 5.41) is 16.6. The van der Waals surface area contributed by atoms with Crippen molar-refractivity contribution in [1.29, 1.82) is 0 Å². The molecule has 0 fully saturated rings. The maximum Gasteiger partial charge on any atom is 0.433 e. The first-order valence-corrected chi connectivity index (χ1v) is 9.45. The molecule has 3 rings (SSSR count). The molecule has 35 heavy (non-hydrogen) atoms. The molecule has 0 atom stereocenters. The molecular weight excluding hydrogens is 484 g/mol. The van der Waals surface area contributed by atoms with Crippen molar-refractivity contribution in [3.8, 4) is 0 Å². The quantitative estimate of drug-likeness (QED) is 0.201. The number of carbonyl (C=O) groups excluding carboxylic acids is 1. The van der Waals surface area contributed by atoms with E-state index in [9.17, 15) is 41.3 Å². The van der Waals surface area contributed by atoms with E-state index in [0.717, 1.165) is 30.5 Å². The summed E-state index contributed by atoms with van der Waals surface area (Å²) in [6.07, 6.45) is -8.46. The van der Waals surface area contributed by atoms with Crippen molar-refractivity contribution in [3.05, 3.63) is 93.2 Å². The predicted octanol–water partition coefficient (Wildman–Crippen LogP) is 5.53. The fourth-order valence-corrected chi connectivity index (χ4v) is 2.71. The third kappa shape index (κ3) is 6.52. The molecule has 1 heterocycles. The van der Waals surface area contributed by atoms with Crippen LogP contribution in [0.5, 0.6) is 0 Å². The summed E-state index contributed by atoms with van der Waals surface area (Å²) in [5.74, 6) is -1.67. The van der Waals surface area contributed by atoms with Crippen molar-refractivity contribution in [1.82, 2.24) is 10.4 Å². The van der Waals surface area contributed by atoms with E-state index in [1.807, 2.05) is 0 Å². The van der Waals surface area contributed by atoms with Crippen molar-refractivity contribution in [3.63, 3.8) is 0 Å². The Morgan fingerprint density at radius 3 is 2.26 bits per heavy atom. The number of halogens is 6. The number of nitro groups is 1. The third-order valence-corrected chi connectivity index (χ3v) is 4.37. The molecule has 0 aliphatic carbocycles. The minimum atomic E-state index is -4.88. The van der Waals surface area contributed by atoms with Gasteiger partial charge in [-0.25, -0.2) is 10.4 Å². The molecule has 0 aliphatic heterocycles. The normalized spacial score (nSPS) is 11.9. The molecular formula is C21H13F6N5O3. The molecule has 2 aromatic carbocycles. The Morgan fingerprint density at radius 2 is 1.66 bits per heavy atom. The highest BCUT2D eigenvalue weighted by molar-refractivity contribution is 5.99. The Morgan fingerprint density at radius 1 is 0.971 bits per heavy atom. The fourth-order valence-electron chi connectivity index (χ4n) is 2.71. The molecule has 8 nitrogen and oxygen atoms in total. The van der Waals surface area contributed by atoms with Gasteiger partial charge in [-0.1, -0.05) is 6.07 Å². The SMILES string of the molecule is O=C(N/N=C/c1ccc([N+](=O)[O-])cc1)c1ccc(C(F)(F)F)nc1Nc1cccc(C(F)(F)F)c1. The number of non-ortho nitro benzene ring substituents is 1. The number of carbonyl (C=O) groups is 1.